The Kier molecular flexibility index (Phi) is 3.88. The highest BCUT2D eigenvalue weighted by atomic mass is 19.2. The van der Waals surface area contributed by atoms with Gasteiger partial charge >= 0.3 is 0 Å². The van der Waals surface area contributed by atoms with E-state index in [1.165, 1.54) is 31.3 Å². The molecule has 104 valence electrons. The molecule has 5 nitrogen and oxygen atoms in total. The summed E-state index contributed by atoms with van der Waals surface area (Å²) in [6.45, 7) is 1.48. The van der Waals surface area contributed by atoms with Crippen LogP contribution in [0, 0.1) is 11.6 Å². The number of nitrogens with one attached hydrogen (secondary N) is 1. The van der Waals surface area contributed by atoms with Crippen LogP contribution in [0.15, 0.2) is 41.3 Å². The third-order valence-electron chi connectivity index (χ3n) is 2.68. The number of rotatable bonds is 3. The van der Waals surface area contributed by atoms with Crippen molar-refractivity contribution in [3.05, 3.63) is 58.5 Å². The average molecular weight is 279 g/mol. The Hall–Kier alpha value is -2.57. The lowest BCUT2D eigenvalue weighted by Crippen LogP contribution is -2.32. The summed E-state index contributed by atoms with van der Waals surface area (Å²) in [6, 6.07) is 4.85. The van der Waals surface area contributed by atoms with Crippen LogP contribution < -0.4 is 10.9 Å². The van der Waals surface area contributed by atoms with Crippen molar-refractivity contribution >= 4 is 11.6 Å². The molecule has 0 aliphatic carbocycles. The first kappa shape index (κ1) is 13.9. The molecule has 0 bridgehead atoms. The summed E-state index contributed by atoms with van der Waals surface area (Å²) in [5.74, 6) is -2.63. The molecule has 0 aliphatic rings. The molecule has 1 atom stereocenters. The van der Waals surface area contributed by atoms with Crippen LogP contribution in [0.3, 0.4) is 0 Å². The van der Waals surface area contributed by atoms with Crippen molar-refractivity contribution in [1.29, 1.82) is 0 Å². The van der Waals surface area contributed by atoms with E-state index in [-0.39, 0.29) is 5.69 Å². The molecular weight excluding hydrogens is 268 g/mol. The van der Waals surface area contributed by atoms with Gasteiger partial charge in [-0.15, -0.1) is 0 Å². The number of benzene rings is 1. The van der Waals surface area contributed by atoms with Gasteiger partial charge in [0.15, 0.2) is 11.6 Å². The van der Waals surface area contributed by atoms with Gasteiger partial charge in [0.1, 0.15) is 6.04 Å². The molecule has 1 N–H and O–H groups in total. The lowest BCUT2D eigenvalue weighted by molar-refractivity contribution is -0.119. The summed E-state index contributed by atoms with van der Waals surface area (Å²) < 4.78 is 26.8. The van der Waals surface area contributed by atoms with Crippen molar-refractivity contribution in [2.75, 3.05) is 5.32 Å². The van der Waals surface area contributed by atoms with Crippen LogP contribution in [0.5, 0.6) is 0 Å². The zero-order valence-corrected chi connectivity index (χ0v) is 10.5. The third-order valence-corrected chi connectivity index (χ3v) is 2.68. The van der Waals surface area contributed by atoms with Gasteiger partial charge in [0.2, 0.25) is 5.91 Å². The first-order valence-corrected chi connectivity index (χ1v) is 5.79. The Balaban J connectivity index is 2.18. The minimum atomic E-state index is -1.06. The lowest BCUT2D eigenvalue weighted by atomic mass is 10.2. The normalized spacial score (nSPS) is 11.9. The fraction of sp³-hybridized carbons (Fsp3) is 0.154. The number of anilines is 1. The highest BCUT2D eigenvalue weighted by Crippen LogP contribution is 2.14. The Labute approximate surface area is 112 Å². The second-order valence-corrected chi connectivity index (χ2v) is 4.10. The van der Waals surface area contributed by atoms with Gasteiger partial charge in [-0.05, 0) is 25.1 Å². The number of hydrogen-bond acceptors (Lipinski definition) is 3. The van der Waals surface area contributed by atoms with Gasteiger partial charge in [0, 0.05) is 24.0 Å². The first-order chi connectivity index (χ1) is 9.49. The monoisotopic (exact) mass is 279 g/mol. The van der Waals surface area contributed by atoms with E-state index in [4.69, 9.17) is 0 Å². The second-order valence-electron chi connectivity index (χ2n) is 4.10. The molecule has 1 aromatic carbocycles. The number of nitrogens with zero attached hydrogens (tertiary/aromatic N) is 2. The molecule has 0 saturated heterocycles. The zero-order valence-electron chi connectivity index (χ0n) is 10.5. The van der Waals surface area contributed by atoms with Gasteiger partial charge in [0.25, 0.3) is 5.56 Å². The van der Waals surface area contributed by atoms with Gasteiger partial charge in [-0.3, -0.25) is 9.59 Å². The smallest absolute Gasteiger partial charge is 0.267 e. The van der Waals surface area contributed by atoms with Crippen molar-refractivity contribution < 1.29 is 13.6 Å². The van der Waals surface area contributed by atoms with Crippen molar-refractivity contribution in [1.82, 2.24) is 9.78 Å². The molecule has 0 aliphatic heterocycles. The zero-order chi connectivity index (χ0) is 14.7. The van der Waals surface area contributed by atoms with Gasteiger partial charge in [-0.25, -0.2) is 13.5 Å². The number of aromatic nitrogens is 2. The van der Waals surface area contributed by atoms with Crippen LogP contribution in [-0.4, -0.2) is 15.7 Å². The minimum absolute atomic E-state index is 0.102. The highest BCUT2D eigenvalue weighted by Gasteiger charge is 2.17. The standard InChI is InChI=1S/C13H11F2N3O2/c1-8(18-12(19)3-2-6-16-18)13(20)17-9-4-5-10(14)11(15)7-9/h2-8H,1H3,(H,17,20). The van der Waals surface area contributed by atoms with Gasteiger partial charge in [-0.1, -0.05) is 0 Å². The summed E-state index contributed by atoms with van der Waals surface area (Å²) >= 11 is 0. The van der Waals surface area contributed by atoms with E-state index in [1.54, 1.807) is 0 Å². The maximum atomic E-state index is 13.0. The van der Waals surface area contributed by atoms with Crippen molar-refractivity contribution in [2.45, 2.75) is 13.0 Å². The average Bonchev–Trinajstić information content (AvgIpc) is 2.42. The summed E-state index contributed by atoms with van der Waals surface area (Å²) in [6.07, 6.45) is 1.38. The van der Waals surface area contributed by atoms with E-state index in [1.807, 2.05) is 0 Å². The van der Waals surface area contributed by atoms with Gasteiger partial charge < -0.3 is 5.32 Å². The van der Waals surface area contributed by atoms with Crippen LogP contribution in [0.4, 0.5) is 14.5 Å². The van der Waals surface area contributed by atoms with Crippen LogP contribution in [0.1, 0.15) is 13.0 Å². The number of halogens is 2. The lowest BCUT2D eigenvalue weighted by Gasteiger charge is -2.13. The highest BCUT2D eigenvalue weighted by molar-refractivity contribution is 5.93. The number of hydrogen-bond donors (Lipinski definition) is 1. The van der Waals surface area contributed by atoms with E-state index in [0.29, 0.717) is 0 Å². The fourth-order valence-electron chi connectivity index (χ4n) is 1.59. The summed E-state index contributed by atoms with van der Waals surface area (Å²) in [5.41, 5.74) is -0.329. The van der Waals surface area contributed by atoms with Crippen molar-refractivity contribution in [3.8, 4) is 0 Å². The quantitative estimate of drug-likeness (QED) is 0.930. The topological polar surface area (TPSA) is 64.0 Å². The molecule has 2 rings (SSSR count). The molecule has 0 saturated carbocycles. The minimum Gasteiger partial charge on any atom is -0.324 e. The van der Waals surface area contributed by atoms with E-state index in [9.17, 15) is 18.4 Å². The van der Waals surface area contributed by atoms with Crippen LogP contribution in [-0.2, 0) is 4.79 Å². The largest absolute Gasteiger partial charge is 0.324 e. The number of carbonyl (C=O) groups is 1. The molecule has 2 aromatic rings. The maximum absolute atomic E-state index is 13.0. The predicted octanol–water partition coefficient (Wildman–Crippen LogP) is 1.72. The first-order valence-electron chi connectivity index (χ1n) is 5.79. The Morgan fingerprint density at radius 2 is 2.05 bits per heavy atom. The summed E-state index contributed by atoms with van der Waals surface area (Å²) in [5, 5.41) is 6.17. The van der Waals surface area contributed by atoms with E-state index >= 15 is 0 Å². The van der Waals surface area contributed by atoms with Crippen molar-refractivity contribution in [3.63, 3.8) is 0 Å². The molecule has 0 radical (unpaired) electrons. The Bertz CT molecular complexity index is 700. The number of amides is 1. The molecule has 1 heterocycles. The molecular formula is C13H11F2N3O2. The molecule has 0 spiro atoms. The summed E-state index contributed by atoms with van der Waals surface area (Å²) in [4.78, 5) is 23.5. The maximum Gasteiger partial charge on any atom is 0.267 e. The van der Waals surface area contributed by atoms with E-state index < -0.39 is 29.1 Å². The second kappa shape index (κ2) is 5.60. The van der Waals surface area contributed by atoms with Gasteiger partial charge in [-0.2, -0.15) is 5.10 Å². The summed E-state index contributed by atoms with van der Waals surface area (Å²) in [7, 11) is 0. The van der Waals surface area contributed by atoms with E-state index in [2.05, 4.69) is 10.4 Å². The molecule has 1 amide bonds. The SMILES string of the molecule is CC(C(=O)Nc1ccc(F)c(F)c1)n1ncccc1=O. The molecule has 7 heteroatoms. The molecule has 1 unspecified atom stereocenters. The molecule has 0 fully saturated rings. The van der Waals surface area contributed by atoms with Gasteiger partial charge in [0.05, 0.1) is 0 Å². The Morgan fingerprint density at radius 3 is 2.70 bits per heavy atom. The fourth-order valence-corrected chi connectivity index (χ4v) is 1.59. The molecule has 1 aromatic heterocycles. The van der Waals surface area contributed by atoms with Crippen LogP contribution >= 0.6 is 0 Å². The van der Waals surface area contributed by atoms with E-state index in [0.717, 1.165) is 16.8 Å². The van der Waals surface area contributed by atoms with Crippen LogP contribution in [0.25, 0.3) is 0 Å². The third kappa shape index (κ3) is 2.87. The van der Waals surface area contributed by atoms with Crippen molar-refractivity contribution in [2.24, 2.45) is 0 Å². The van der Waals surface area contributed by atoms with Crippen LogP contribution in [0.2, 0.25) is 0 Å². The number of carbonyl (C=O) groups excluding carboxylic acids is 1. The molecule has 20 heavy (non-hydrogen) atoms. The predicted molar refractivity (Wildman–Crippen MR) is 68.2 cm³/mol. The Morgan fingerprint density at radius 1 is 1.30 bits per heavy atom.